The number of aryl methyl sites for hydroxylation is 2. The fourth-order valence-electron chi connectivity index (χ4n) is 2.43. The molecular formula is C21H21F2NO4. The maximum atomic E-state index is 12.3. The Kier molecular flexibility index (Phi) is 7.26. The van der Waals surface area contributed by atoms with Gasteiger partial charge in [0.15, 0.2) is 6.10 Å². The van der Waals surface area contributed by atoms with E-state index in [1.165, 1.54) is 37.3 Å². The summed E-state index contributed by atoms with van der Waals surface area (Å²) in [5.74, 6) is -1.11. The van der Waals surface area contributed by atoms with Crippen molar-refractivity contribution in [2.24, 2.45) is 0 Å². The van der Waals surface area contributed by atoms with E-state index in [1.807, 2.05) is 32.0 Å². The van der Waals surface area contributed by atoms with E-state index in [0.717, 1.165) is 17.2 Å². The van der Waals surface area contributed by atoms with Crippen LogP contribution in [-0.2, 0) is 14.3 Å². The summed E-state index contributed by atoms with van der Waals surface area (Å²) in [6.07, 6.45) is 1.62. The van der Waals surface area contributed by atoms with Crippen molar-refractivity contribution in [1.82, 2.24) is 0 Å². The van der Waals surface area contributed by atoms with Crippen LogP contribution in [0.15, 0.2) is 48.5 Å². The molecule has 0 saturated carbocycles. The molecule has 0 aliphatic rings. The Morgan fingerprint density at radius 2 is 1.64 bits per heavy atom. The summed E-state index contributed by atoms with van der Waals surface area (Å²) in [6.45, 7) is 2.33. The fraction of sp³-hybridized carbons (Fsp3) is 0.238. The Morgan fingerprint density at radius 1 is 1.04 bits per heavy atom. The molecule has 0 heterocycles. The van der Waals surface area contributed by atoms with Crippen molar-refractivity contribution >= 4 is 23.6 Å². The number of hydrogen-bond acceptors (Lipinski definition) is 4. The van der Waals surface area contributed by atoms with Crippen molar-refractivity contribution in [3.63, 3.8) is 0 Å². The molecule has 0 aliphatic carbocycles. The number of rotatable bonds is 7. The van der Waals surface area contributed by atoms with Crippen molar-refractivity contribution in [3.05, 3.63) is 65.2 Å². The lowest BCUT2D eigenvalue weighted by Gasteiger charge is -2.15. The number of nitrogens with one attached hydrogen (secondary N) is 1. The van der Waals surface area contributed by atoms with Gasteiger partial charge in [0.1, 0.15) is 5.75 Å². The molecule has 0 fully saturated rings. The third kappa shape index (κ3) is 6.19. The van der Waals surface area contributed by atoms with Crippen molar-refractivity contribution < 1.29 is 27.8 Å². The topological polar surface area (TPSA) is 64.6 Å². The van der Waals surface area contributed by atoms with Crippen LogP contribution >= 0.6 is 0 Å². The molecule has 28 heavy (non-hydrogen) atoms. The summed E-state index contributed by atoms with van der Waals surface area (Å²) in [5, 5.41) is 2.76. The van der Waals surface area contributed by atoms with E-state index in [2.05, 4.69) is 10.1 Å². The van der Waals surface area contributed by atoms with Crippen LogP contribution < -0.4 is 10.1 Å². The first-order valence-corrected chi connectivity index (χ1v) is 8.57. The highest BCUT2D eigenvalue weighted by Crippen LogP contribution is 2.20. The molecule has 0 aromatic heterocycles. The summed E-state index contributed by atoms with van der Waals surface area (Å²) in [5.41, 5.74) is 3.10. The molecular weight excluding hydrogens is 368 g/mol. The lowest BCUT2D eigenvalue weighted by Crippen LogP contribution is -2.30. The molecule has 148 valence electrons. The number of benzene rings is 2. The zero-order valence-corrected chi connectivity index (χ0v) is 15.7. The quantitative estimate of drug-likeness (QED) is 0.560. The average Bonchev–Trinajstić information content (AvgIpc) is 2.63. The lowest BCUT2D eigenvalue weighted by atomic mass is 10.1. The molecule has 5 nitrogen and oxygen atoms in total. The number of halogens is 2. The first-order chi connectivity index (χ1) is 13.3. The number of amides is 1. The number of ether oxygens (including phenoxy) is 2. The van der Waals surface area contributed by atoms with E-state index in [9.17, 15) is 18.4 Å². The number of hydrogen-bond donors (Lipinski definition) is 1. The molecule has 0 unspecified atom stereocenters. The smallest absolute Gasteiger partial charge is 0.387 e. The Labute approximate surface area is 162 Å². The van der Waals surface area contributed by atoms with Crippen LogP contribution in [0, 0.1) is 13.8 Å². The number of carbonyl (C=O) groups excluding carboxylic acids is 2. The van der Waals surface area contributed by atoms with Gasteiger partial charge in [-0.05, 0) is 55.7 Å². The van der Waals surface area contributed by atoms with Gasteiger partial charge in [0, 0.05) is 11.8 Å². The third-order valence-electron chi connectivity index (χ3n) is 3.91. The van der Waals surface area contributed by atoms with E-state index in [4.69, 9.17) is 4.74 Å². The van der Waals surface area contributed by atoms with Crippen LogP contribution in [0.3, 0.4) is 0 Å². The molecule has 0 bridgehead atoms. The van der Waals surface area contributed by atoms with E-state index < -0.39 is 24.6 Å². The second-order valence-electron chi connectivity index (χ2n) is 6.12. The van der Waals surface area contributed by atoms with Crippen molar-refractivity contribution in [2.75, 3.05) is 5.32 Å². The van der Waals surface area contributed by atoms with Gasteiger partial charge in [0.25, 0.3) is 5.91 Å². The van der Waals surface area contributed by atoms with Crippen molar-refractivity contribution in [3.8, 4) is 5.75 Å². The maximum Gasteiger partial charge on any atom is 0.387 e. The molecule has 0 saturated heterocycles. The second-order valence-corrected chi connectivity index (χ2v) is 6.12. The number of esters is 1. The fourth-order valence-corrected chi connectivity index (χ4v) is 2.43. The molecule has 0 spiro atoms. The molecule has 1 amide bonds. The molecule has 1 atom stereocenters. The van der Waals surface area contributed by atoms with Gasteiger partial charge >= 0.3 is 12.6 Å². The van der Waals surface area contributed by atoms with E-state index in [1.54, 1.807) is 0 Å². The van der Waals surface area contributed by atoms with E-state index in [0.29, 0.717) is 11.3 Å². The zero-order chi connectivity index (χ0) is 20.7. The first-order valence-electron chi connectivity index (χ1n) is 8.57. The first kappa shape index (κ1) is 21.1. The third-order valence-corrected chi connectivity index (χ3v) is 3.91. The lowest BCUT2D eigenvalue weighted by molar-refractivity contribution is -0.148. The van der Waals surface area contributed by atoms with Gasteiger partial charge in [-0.25, -0.2) is 4.79 Å². The Morgan fingerprint density at radius 3 is 2.21 bits per heavy atom. The summed E-state index contributed by atoms with van der Waals surface area (Å²) >= 11 is 0. The Hall–Kier alpha value is -3.22. The zero-order valence-electron chi connectivity index (χ0n) is 15.7. The molecule has 0 aliphatic heterocycles. The van der Waals surface area contributed by atoms with Gasteiger partial charge in [-0.15, -0.1) is 0 Å². The average molecular weight is 389 g/mol. The monoisotopic (exact) mass is 389 g/mol. The maximum absolute atomic E-state index is 12.3. The highest BCUT2D eigenvalue weighted by molar-refractivity contribution is 5.97. The molecule has 2 aromatic carbocycles. The molecule has 2 rings (SSSR count). The highest BCUT2D eigenvalue weighted by Gasteiger charge is 2.18. The predicted octanol–water partition coefficient (Wildman–Crippen LogP) is 4.49. The molecule has 0 radical (unpaired) electrons. The van der Waals surface area contributed by atoms with Crippen LogP contribution in [0.25, 0.3) is 6.08 Å². The van der Waals surface area contributed by atoms with Gasteiger partial charge in [-0.1, -0.05) is 30.3 Å². The number of para-hydroxylation sites is 1. The van der Waals surface area contributed by atoms with Crippen LogP contribution in [-0.4, -0.2) is 24.6 Å². The largest absolute Gasteiger partial charge is 0.449 e. The summed E-state index contributed by atoms with van der Waals surface area (Å²) in [7, 11) is 0. The van der Waals surface area contributed by atoms with Crippen LogP contribution in [0.4, 0.5) is 14.5 Å². The van der Waals surface area contributed by atoms with Crippen molar-refractivity contribution in [1.29, 1.82) is 0 Å². The molecule has 7 heteroatoms. The van der Waals surface area contributed by atoms with Gasteiger partial charge in [-0.2, -0.15) is 8.78 Å². The van der Waals surface area contributed by atoms with Crippen LogP contribution in [0.2, 0.25) is 0 Å². The molecule has 1 N–H and O–H groups in total. The van der Waals surface area contributed by atoms with Gasteiger partial charge in [0.2, 0.25) is 0 Å². The van der Waals surface area contributed by atoms with Gasteiger partial charge in [-0.3, -0.25) is 4.79 Å². The van der Waals surface area contributed by atoms with Gasteiger partial charge in [0.05, 0.1) is 0 Å². The number of carbonyl (C=O) groups is 2. The molecule has 2 aromatic rings. The van der Waals surface area contributed by atoms with Crippen molar-refractivity contribution in [2.45, 2.75) is 33.5 Å². The predicted molar refractivity (Wildman–Crippen MR) is 102 cm³/mol. The van der Waals surface area contributed by atoms with Crippen LogP contribution in [0.5, 0.6) is 5.75 Å². The minimum absolute atomic E-state index is 0.0199. The summed E-state index contributed by atoms with van der Waals surface area (Å²) in [6, 6.07) is 11.4. The van der Waals surface area contributed by atoms with E-state index in [-0.39, 0.29) is 5.75 Å². The Bertz CT molecular complexity index is 843. The second kappa shape index (κ2) is 9.64. The minimum atomic E-state index is -2.90. The Balaban J connectivity index is 1.91. The number of alkyl halides is 2. The summed E-state index contributed by atoms with van der Waals surface area (Å²) < 4.78 is 33.6. The van der Waals surface area contributed by atoms with Crippen LogP contribution in [0.1, 0.15) is 23.6 Å². The minimum Gasteiger partial charge on any atom is -0.449 e. The SMILES string of the molecule is Cc1cccc(C)c1NC(=O)[C@@H](C)OC(=O)/C=C/c1ccc(OC(F)F)cc1. The highest BCUT2D eigenvalue weighted by atomic mass is 19.3. The summed E-state index contributed by atoms with van der Waals surface area (Å²) in [4.78, 5) is 24.2. The van der Waals surface area contributed by atoms with E-state index >= 15 is 0 Å². The number of anilines is 1. The standard InChI is InChI=1S/C21H21F2NO4/c1-13-5-4-6-14(2)19(13)24-20(26)15(3)27-18(25)12-9-16-7-10-17(11-8-16)28-21(22)23/h4-12,15,21H,1-3H3,(H,24,26)/b12-9+/t15-/m1/s1. The normalized spacial score (nSPS) is 12.1. The van der Waals surface area contributed by atoms with Gasteiger partial charge < -0.3 is 14.8 Å².